The molecule has 0 heteroatoms. The molecule has 0 unspecified atom stereocenters. The molecular weight excluding hydrogens is 601 g/mol. The average Bonchev–Trinajstić information content (AvgIpc) is 3.19. The summed E-state index contributed by atoms with van der Waals surface area (Å²) in [7, 11) is 0. The fourth-order valence-electron chi connectivity index (χ4n) is 8.32. The number of fused-ring (bicyclic) bond motifs is 5. The predicted molar refractivity (Wildman–Crippen MR) is 216 cm³/mol. The molecule has 0 amide bonds. The molecule has 10 aromatic rings. The molecule has 0 saturated heterocycles. The molecule has 0 aliphatic heterocycles. The second-order valence-electron chi connectivity index (χ2n) is 13.1. The van der Waals surface area contributed by atoms with Crippen molar-refractivity contribution in [3.05, 3.63) is 194 Å². The average molecular weight is 633 g/mol. The Kier molecular flexibility index (Phi) is 6.60. The van der Waals surface area contributed by atoms with Crippen LogP contribution < -0.4 is 0 Å². The van der Waals surface area contributed by atoms with Gasteiger partial charge in [0.05, 0.1) is 0 Å². The minimum absolute atomic E-state index is 1.23. The van der Waals surface area contributed by atoms with Gasteiger partial charge in [0.1, 0.15) is 0 Å². The van der Waals surface area contributed by atoms with E-state index in [0.717, 1.165) is 0 Å². The van der Waals surface area contributed by atoms with Crippen LogP contribution in [0.5, 0.6) is 0 Å². The molecule has 0 aromatic heterocycles. The highest BCUT2D eigenvalue weighted by Gasteiger charge is 2.22. The van der Waals surface area contributed by atoms with E-state index in [1.807, 2.05) is 0 Å². The third-order valence-corrected chi connectivity index (χ3v) is 10.5. The van der Waals surface area contributed by atoms with Crippen LogP contribution in [0.4, 0.5) is 0 Å². The summed E-state index contributed by atoms with van der Waals surface area (Å²) in [6.45, 7) is 0. The van der Waals surface area contributed by atoms with Gasteiger partial charge in [0, 0.05) is 0 Å². The van der Waals surface area contributed by atoms with E-state index in [0.29, 0.717) is 0 Å². The maximum absolute atomic E-state index is 2.34. The topological polar surface area (TPSA) is 0 Å². The van der Waals surface area contributed by atoms with Crippen molar-refractivity contribution in [2.24, 2.45) is 0 Å². The van der Waals surface area contributed by atoms with Crippen molar-refractivity contribution in [3.63, 3.8) is 0 Å². The monoisotopic (exact) mass is 632 g/mol. The van der Waals surface area contributed by atoms with Crippen LogP contribution in [0.1, 0.15) is 0 Å². The van der Waals surface area contributed by atoms with Crippen LogP contribution in [-0.2, 0) is 0 Å². The van der Waals surface area contributed by atoms with E-state index in [1.54, 1.807) is 0 Å². The number of hydrogen-bond acceptors (Lipinski definition) is 0. The zero-order valence-electron chi connectivity index (χ0n) is 27.5. The molecule has 0 nitrogen and oxygen atoms in total. The van der Waals surface area contributed by atoms with Gasteiger partial charge in [-0.25, -0.2) is 0 Å². The lowest BCUT2D eigenvalue weighted by molar-refractivity contribution is 1.62. The summed E-state index contributed by atoms with van der Waals surface area (Å²) in [6.07, 6.45) is 0. The summed E-state index contributed by atoms with van der Waals surface area (Å²) < 4.78 is 0. The van der Waals surface area contributed by atoms with E-state index in [-0.39, 0.29) is 0 Å². The zero-order valence-corrected chi connectivity index (χ0v) is 27.5. The van der Waals surface area contributed by atoms with Gasteiger partial charge in [-0.2, -0.15) is 0 Å². The molecule has 0 heterocycles. The Bertz CT molecular complexity index is 2910. The standard InChI is InChI=1S/C50H32/c1-4-21-36-33(15-1)18-11-28-39(36)40-24-7-8-25-41(40)44-31-14-32-47-48(42-29-12-19-34-16-2-5-22-37(34)42)45-26-9-10-27-46(45)49(50(44)47)43-30-13-20-35-17-3-6-23-38(35)43/h1-32H. The Morgan fingerprint density at radius 1 is 0.180 bits per heavy atom. The summed E-state index contributed by atoms with van der Waals surface area (Å²) in [5.74, 6) is 0. The molecule has 0 radical (unpaired) electrons. The van der Waals surface area contributed by atoms with Gasteiger partial charge in [-0.15, -0.1) is 0 Å². The van der Waals surface area contributed by atoms with Crippen molar-refractivity contribution in [1.29, 1.82) is 0 Å². The number of rotatable bonds is 4. The lowest BCUT2D eigenvalue weighted by atomic mass is 9.80. The highest BCUT2D eigenvalue weighted by molar-refractivity contribution is 6.28. The molecule has 232 valence electrons. The molecule has 0 aliphatic carbocycles. The molecule has 0 N–H and O–H groups in total. The third kappa shape index (κ3) is 4.39. The Morgan fingerprint density at radius 2 is 0.500 bits per heavy atom. The van der Waals surface area contributed by atoms with Crippen molar-refractivity contribution in [2.45, 2.75) is 0 Å². The Balaban J connectivity index is 1.42. The Morgan fingerprint density at radius 3 is 1.08 bits per heavy atom. The van der Waals surface area contributed by atoms with Crippen LogP contribution in [0.25, 0.3) is 98.4 Å². The predicted octanol–water partition coefficient (Wildman–Crippen LogP) is 14.1. The molecular formula is C50H32. The molecule has 0 spiro atoms. The normalized spacial score (nSPS) is 11.6. The summed E-state index contributed by atoms with van der Waals surface area (Å²) in [5.41, 5.74) is 10.0. The molecule has 0 saturated carbocycles. The van der Waals surface area contributed by atoms with E-state index >= 15 is 0 Å². The van der Waals surface area contributed by atoms with E-state index in [1.165, 1.54) is 98.4 Å². The van der Waals surface area contributed by atoms with Gasteiger partial charge in [0.15, 0.2) is 0 Å². The largest absolute Gasteiger partial charge is 0.0616 e. The van der Waals surface area contributed by atoms with E-state index in [2.05, 4.69) is 194 Å². The van der Waals surface area contributed by atoms with Gasteiger partial charge in [0.25, 0.3) is 0 Å². The number of benzene rings is 10. The van der Waals surface area contributed by atoms with Crippen LogP contribution in [-0.4, -0.2) is 0 Å². The number of hydrogen-bond donors (Lipinski definition) is 0. The molecule has 0 bridgehead atoms. The second kappa shape index (κ2) is 11.6. The van der Waals surface area contributed by atoms with Gasteiger partial charge < -0.3 is 0 Å². The first kappa shape index (κ1) is 28.5. The molecule has 0 fully saturated rings. The van der Waals surface area contributed by atoms with Crippen molar-refractivity contribution >= 4 is 53.9 Å². The minimum atomic E-state index is 1.23. The lowest BCUT2D eigenvalue weighted by Crippen LogP contribution is -1.95. The van der Waals surface area contributed by atoms with Gasteiger partial charge >= 0.3 is 0 Å². The lowest BCUT2D eigenvalue weighted by Gasteiger charge is -2.23. The molecule has 10 aromatic carbocycles. The summed E-state index contributed by atoms with van der Waals surface area (Å²) in [4.78, 5) is 0. The van der Waals surface area contributed by atoms with E-state index in [4.69, 9.17) is 0 Å². The van der Waals surface area contributed by atoms with Crippen LogP contribution in [0, 0.1) is 0 Å². The smallest absolute Gasteiger partial charge is 0.00137 e. The highest BCUT2D eigenvalue weighted by Crippen LogP contribution is 2.50. The van der Waals surface area contributed by atoms with Gasteiger partial charge in [-0.3, -0.25) is 0 Å². The van der Waals surface area contributed by atoms with Crippen LogP contribution in [0.2, 0.25) is 0 Å². The highest BCUT2D eigenvalue weighted by atomic mass is 14.3. The maximum atomic E-state index is 2.34. The third-order valence-electron chi connectivity index (χ3n) is 10.5. The van der Waals surface area contributed by atoms with Crippen LogP contribution >= 0.6 is 0 Å². The first-order chi connectivity index (χ1) is 24.8. The van der Waals surface area contributed by atoms with Crippen LogP contribution in [0.15, 0.2) is 194 Å². The van der Waals surface area contributed by atoms with Gasteiger partial charge in [-0.1, -0.05) is 194 Å². The quantitative estimate of drug-likeness (QED) is 0.169. The van der Waals surface area contributed by atoms with E-state index in [9.17, 15) is 0 Å². The minimum Gasteiger partial charge on any atom is -0.0616 e. The fourth-order valence-corrected chi connectivity index (χ4v) is 8.32. The van der Waals surface area contributed by atoms with Crippen LogP contribution in [0.3, 0.4) is 0 Å². The van der Waals surface area contributed by atoms with E-state index < -0.39 is 0 Å². The second-order valence-corrected chi connectivity index (χ2v) is 13.1. The Labute approximate surface area is 291 Å². The summed E-state index contributed by atoms with van der Waals surface area (Å²) in [5, 5.41) is 12.6. The first-order valence-electron chi connectivity index (χ1n) is 17.4. The molecule has 0 aliphatic rings. The van der Waals surface area contributed by atoms with Crippen molar-refractivity contribution in [3.8, 4) is 44.5 Å². The molecule has 10 rings (SSSR count). The molecule has 50 heavy (non-hydrogen) atoms. The van der Waals surface area contributed by atoms with Gasteiger partial charge in [-0.05, 0) is 98.4 Å². The van der Waals surface area contributed by atoms with Crippen molar-refractivity contribution in [2.75, 3.05) is 0 Å². The zero-order chi connectivity index (χ0) is 33.0. The van der Waals surface area contributed by atoms with Crippen molar-refractivity contribution in [1.82, 2.24) is 0 Å². The maximum Gasteiger partial charge on any atom is -0.00137 e. The molecule has 0 atom stereocenters. The Hall–Kier alpha value is -6.50. The first-order valence-corrected chi connectivity index (χ1v) is 17.4. The SMILES string of the molecule is c1ccc(-c2cccc3c(-c4cccc5ccccc45)c4ccccc4c(-c4cccc5ccccc45)c23)c(-c2cccc3ccccc23)c1. The summed E-state index contributed by atoms with van der Waals surface area (Å²) >= 11 is 0. The van der Waals surface area contributed by atoms with Crippen molar-refractivity contribution < 1.29 is 0 Å². The van der Waals surface area contributed by atoms with Gasteiger partial charge in [0.2, 0.25) is 0 Å². The fraction of sp³-hybridized carbons (Fsp3) is 0. The summed E-state index contributed by atoms with van der Waals surface area (Å²) in [6, 6.07) is 71.4.